The molecule has 0 unspecified atom stereocenters. The summed E-state index contributed by atoms with van der Waals surface area (Å²) in [5.41, 5.74) is 16.5. The largest absolute Gasteiger partial charge is 0.355 e. The van der Waals surface area contributed by atoms with Gasteiger partial charge in [-0.1, -0.05) is 158 Å². The van der Waals surface area contributed by atoms with Gasteiger partial charge in [-0.2, -0.15) is 0 Å². The number of benzene rings is 8. The Hall–Kier alpha value is -7.49. The molecule has 3 heteroatoms. The van der Waals surface area contributed by atoms with E-state index in [1.54, 1.807) is 0 Å². The lowest BCUT2D eigenvalue weighted by atomic mass is 9.96. The lowest BCUT2D eigenvalue weighted by molar-refractivity contribution is 1.18. The predicted octanol–water partition coefficient (Wildman–Crippen LogP) is 14.3. The molecular weight excluding hydrogens is 679 g/mol. The van der Waals surface area contributed by atoms with Gasteiger partial charge in [0.25, 0.3) is 0 Å². The van der Waals surface area contributed by atoms with Crippen LogP contribution in [0.1, 0.15) is 0 Å². The predicted molar refractivity (Wildman–Crippen MR) is 235 cm³/mol. The molecule has 2 heterocycles. The van der Waals surface area contributed by atoms with Crippen LogP contribution in [0.25, 0.3) is 83.4 Å². The fraction of sp³-hybridized carbons (Fsp3) is 0. The van der Waals surface area contributed by atoms with E-state index in [4.69, 9.17) is 4.98 Å². The Kier molecular flexibility index (Phi) is 8.51. The molecule has 0 aliphatic rings. The molecule has 1 N–H and O–H groups in total. The molecule has 2 aromatic heterocycles. The Balaban J connectivity index is 1.05. The van der Waals surface area contributed by atoms with Crippen molar-refractivity contribution in [1.82, 2.24) is 9.55 Å². The van der Waals surface area contributed by atoms with E-state index in [-0.39, 0.29) is 0 Å². The van der Waals surface area contributed by atoms with Crippen LogP contribution in [0, 0.1) is 0 Å². The molecule has 56 heavy (non-hydrogen) atoms. The minimum absolute atomic E-state index is 0.927. The summed E-state index contributed by atoms with van der Waals surface area (Å²) in [7, 11) is 0. The van der Waals surface area contributed by atoms with Crippen molar-refractivity contribution in [3.8, 4) is 61.6 Å². The number of nitrogens with one attached hydrogen (secondary N) is 1. The van der Waals surface area contributed by atoms with E-state index in [0.29, 0.717) is 0 Å². The highest BCUT2D eigenvalue weighted by Crippen LogP contribution is 2.39. The number of aromatic nitrogens is 2. The van der Waals surface area contributed by atoms with Gasteiger partial charge in [0, 0.05) is 44.5 Å². The Bertz CT molecular complexity index is 2910. The summed E-state index contributed by atoms with van der Waals surface area (Å²) in [6.07, 6.45) is 0. The van der Waals surface area contributed by atoms with Crippen LogP contribution in [0.15, 0.2) is 218 Å². The van der Waals surface area contributed by atoms with Crippen molar-refractivity contribution in [3.05, 3.63) is 218 Å². The van der Waals surface area contributed by atoms with Crippen LogP contribution < -0.4 is 5.32 Å². The first-order valence-electron chi connectivity index (χ1n) is 19.0. The van der Waals surface area contributed by atoms with E-state index in [0.717, 1.165) is 67.4 Å². The molecule has 10 aromatic rings. The molecule has 264 valence electrons. The second-order valence-electron chi connectivity index (χ2n) is 14.1. The first kappa shape index (κ1) is 33.1. The van der Waals surface area contributed by atoms with Gasteiger partial charge in [-0.25, -0.2) is 4.98 Å². The molecule has 0 fully saturated rings. The van der Waals surface area contributed by atoms with Crippen LogP contribution in [0.2, 0.25) is 0 Å². The van der Waals surface area contributed by atoms with Crippen molar-refractivity contribution < 1.29 is 0 Å². The van der Waals surface area contributed by atoms with Gasteiger partial charge in [0.2, 0.25) is 0 Å². The smallest absolute Gasteiger partial charge is 0.0716 e. The number of anilines is 2. The Morgan fingerprint density at radius 1 is 0.339 bits per heavy atom. The maximum Gasteiger partial charge on any atom is 0.0716 e. The Morgan fingerprint density at radius 2 is 0.911 bits per heavy atom. The van der Waals surface area contributed by atoms with Crippen molar-refractivity contribution in [2.45, 2.75) is 0 Å². The van der Waals surface area contributed by atoms with Gasteiger partial charge in [0.15, 0.2) is 0 Å². The maximum atomic E-state index is 5.19. The standard InChI is InChI=1S/C53H37N3/c1-5-16-37(17-6-1)43-34-50(39-20-9-3-10-21-39)55-51(35-43)42-22-15-23-44(32-42)54-49-31-29-40(33-48(49)38-18-7-2-8-19-38)41-28-30-47-46-26-13-14-27-52(46)56(53(47)36-41)45-24-11-4-12-25-45/h1-36,54H. The number of hydrogen-bond acceptors (Lipinski definition) is 2. The highest BCUT2D eigenvalue weighted by molar-refractivity contribution is 6.10. The fourth-order valence-corrected chi connectivity index (χ4v) is 7.84. The monoisotopic (exact) mass is 715 g/mol. The molecular formula is C53H37N3. The third kappa shape index (κ3) is 6.31. The van der Waals surface area contributed by atoms with Crippen molar-refractivity contribution >= 4 is 33.2 Å². The van der Waals surface area contributed by atoms with E-state index in [1.165, 1.54) is 27.4 Å². The van der Waals surface area contributed by atoms with Crippen LogP contribution in [-0.2, 0) is 0 Å². The topological polar surface area (TPSA) is 29.9 Å². The van der Waals surface area contributed by atoms with Gasteiger partial charge in [-0.15, -0.1) is 0 Å². The summed E-state index contributed by atoms with van der Waals surface area (Å²) in [5, 5.41) is 6.30. The number of pyridine rings is 1. The number of hydrogen-bond donors (Lipinski definition) is 1. The third-order valence-electron chi connectivity index (χ3n) is 10.6. The fourth-order valence-electron chi connectivity index (χ4n) is 7.84. The molecule has 0 amide bonds. The SMILES string of the molecule is c1ccc(-c2cc(-c3ccccc3)nc(-c3cccc(Nc4ccc(-c5ccc6c7ccccc7n(-c7ccccc7)c6c5)cc4-c4ccccc4)c3)c2)cc1. The van der Waals surface area contributed by atoms with E-state index in [1.807, 2.05) is 6.07 Å². The lowest BCUT2D eigenvalue weighted by Gasteiger charge is -2.16. The summed E-state index contributed by atoms with van der Waals surface area (Å²) in [4.78, 5) is 5.19. The van der Waals surface area contributed by atoms with Crippen LogP contribution in [-0.4, -0.2) is 9.55 Å². The van der Waals surface area contributed by atoms with Crippen molar-refractivity contribution in [2.24, 2.45) is 0 Å². The molecule has 3 nitrogen and oxygen atoms in total. The molecule has 0 aliphatic carbocycles. The van der Waals surface area contributed by atoms with Crippen molar-refractivity contribution in [1.29, 1.82) is 0 Å². The summed E-state index contributed by atoms with van der Waals surface area (Å²) < 4.78 is 2.38. The Labute approximate surface area is 326 Å². The lowest BCUT2D eigenvalue weighted by Crippen LogP contribution is -1.96. The average molecular weight is 716 g/mol. The molecule has 0 spiro atoms. The zero-order chi connectivity index (χ0) is 37.3. The van der Waals surface area contributed by atoms with Crippen LogP contribution in [0.4, 0.5) is 11.4 Å². The van der Waals surface area contributed by atoms with Crippen molar-refractivity contribution in [3.63, 3.8) is 0 Å². The van der Waals surface area contributed by atoms with E-state index in [2.05, 4.69) is 222 Å². The molecule has 0 bridgehead atoms. The van der Waals surface area contributed by atoms with E-state index in [9.17, 15) is 0 Å². The molecule has 0 radical (unpaired) electrons. The highest BCUT2D eigenvalue weighted by Gasteiger charge is 2.15. The van der Waals surface area contributed by atoms with Crippen LogP contribution in [0.3, 0.4) is 0 Å². The zero-order valence-electron chi connectivity index (χ0n) is 30.7. The second-order valence-corrected chi connectivity index (χ2v) is 14.1. The van der Waals surface area contributed by atoms with E-state index >= 15 is 0 Å². The number of fused-ring (bicyclic) bond motifs is 3. The van der Waals surface area contributed by atoms with Gasteiger partial charge in [0.05, 0.1) is 22.4 Å². The maximum absolute atomic E-state index is 5.19. The normalized spacial score (nSPS) is 11.2. The van der Waals surface area contributed by atoms with Crippen LogP contribution >= 0.6 is 0 Å². The quantitative estimate of drug-likeness (QED) is 0.170. The van der Waals surface area contributed by atoms with Crippen LogP contribution in [0.5, 0.6) is 0 Å². The van der Waals surface area contributed by atoms with Gasteiger partial charge >= 0.3 is 0 Å². The molecule has 0 atom stereocenters. The molecule has 8 aromatic carbocycles. The highest BCUT2D eigenvalue weighted by atomic mass is 15.0. The van der Waals surface area contributed by atoms with Gasteiger partial charge in [0.1, 0.15) is 0 Å². The first-order valence-corrected chi connectivity index (χ1v) is 19.0. The summed E-state index contributed by atoms with van der Waals surface area (Å²) in [5.74, 6) is 0. The minimum atomic E-state index is 0.927. The first-order chi connectivity index (χ1) is 27.7. The summed E-state index contributed by atoms with van der Waals surface area (Å²) in [6.45, 7) is 0. The second kappa shape index (κ2) is 14.4. The third-order valence-corrected chi connectivity index (χ3v) is 10.6. The van der Waals surface area contributed by atoms with E-state index < -0.39 is 0 Å². The number of rotatable bonds is 8. The molecule has 0 saturated heterocycles. The number of para-hydroxylation sites is 2. The summed E-state index contributed by atoms with van der Waals surface area (Å²) >= 11 is 0. The van der Waals surface area contributed by atoms with Gasteiger partial charge < -0.3 is 9.88 Å². The van der Waals surface area contributed by atoms with Gasteiger partial charge in [-0.05, 0) is 88.5 Å². The number of nitrogens with zero attached hydrogens (tertiary/aromatic N) is 2. The van der Waals surface area contributed by atoms with Gasteiger partial charge in [-0.3, -0.25) is 0 Å². The van der Waals surface area contributed by atoms with Crippen molar-refractivity contribution in [2.75, 3.05) is 5.32 Å². The zero-order valence-corrected chi connectivity index (χ0v) is 30.7. The molecule has 0 aliphatic heterocycles. The average Bonchev–Trinajstić information content (AvgIpc) is 3.61. The minimum Gasteiger partial charge on any atom is -0.355 e. The Morgan fingerprint density at radius 3 is 1.66 bits per heavy atom. The molecule has 10 rings (SSSR count). The molecule has 0 saturated carbocycles. The summed E-state index contributed by atoms with van der Waals surface area (Å²) in [6, 6.07) is 77.5.